The Labute approximate surface area is 116 Å². The van der Waals surface area contributed by atoms with Crippen LogP contribution >= 0.6 is 0 Å². The second-order valence-corrected chi connectivity index (χ2v) is 4.95. The number of carbonyl (C=O) groups is 1. The Bertz CT molecular complexity index is 669. The van der Waals surface area contributed by atoms with Gasteiger partial charge in [0.05, 0.1) is 13.0 Å². The number of pyridine rings is 1. The first-order valence-corrected chi connectivity index (χ1v) is 6.49. The summed E-state index contributed by atoms with van der Waals surface area (Å²) in [5.74, 6) is -0.652. The topological polar surface area (TPSA) is 39.2 Å². The molecule has 3 rings (SSSR count). The lowest BCUT2D eigenvalue weighted by Crippen LogP contribution is -2.15. The zero-order valence-corrected chi connectivity index (χ0v) is 11.1. The number of methoxy groups -OCH3 is 1. The third-order valence-corrected chi connectivity index (χ3v) is 3.71. The van der Waals surface area contributed by atoms with Crippen LogP contribution in [0.25, 0.3) is 11.3 Å². The van der Waals surface area contributed by atoms with E-state index in [1.165, 1.54) is 13.2 Å². The van der Waals surface area contributed by atoms with Crippen molar-refractivity contribution >= 4 is 5.97 Å². The number of fused-ring (bicyclic) bond motifs is 1. The number of halogens is 1. The van der Waals surface area contributed by atoms with Crippen LogP contribution in [0.3, 0.4) is 0 Å². The maximum Gasteiger partial charge on any atom is 0.309 e. The number of hydrogen-bond donors (Lipinski definition) is 0. The Morgan fingerprint density at radius 2 is 2.10 bits per heavy atom. The van der Waals surface area contributed by atoms with Crippen LogP contribution in [0, 0.1) is 11.7 Å². The summed E-state index contributed by atoms with van der Waals surface area (Å²) >= 11 is 0. The molecule has 0 saturated heterocycles. The first-order chi connectivity index (χ1) is 9.69. The van der Waals surface area contributed by atoms with Crippen molar-refractivity contribution in [1.29, 1.82) is 0 Å². The van der Waals surface area contributed by atoms with Gasteiger partial charge in [0.2, 0.25) is 0 Å². The predicted molar refractivity (Wildman–Crippen MR) is 72.5 cm³/mol. The minimum Gasteiger partial charge on any atom is -0.469 e. The molecule has 0 bridgehead atoms. The maximum atomic E-state index is 13.8. The molecule has 0 amide bonds. The van der Waals surface area contributed by atoms with Crippen LogP contribution in [0.4, 0.5) is 4.39 Å². The zero-order valence-electron chi connectivity index (χ0n) is 11.1. The van der Waals surface area contributed by atoms with Gasteiger partial charge in [-0.05, 0) is 42.2 Å². The average Bonchev–Trinajstić information content (AvgIpc) is 2.90. The van der Waals surface area contributed by atoms with Crippen LogP contribution in [0.1, 0.15) is 11.1 Å². The van der Waals surface area contributed by atoms with Gasteiger partial charge in [-0.15, -0.1) is 0 Å². The summed E-state index contributed by atoms with van der Waals surface area (Å²) in [5, 5.41) is 0. The van der Waals surface area contributed by atoms with E-state index in [1.807, 2.05) is 18.2 Å². The fourth-order valence-electron chi connectivity index (χ4n) is 2.70. The van der Waals surface area contributed by atoms with Crippen LogP contribution in [0.5, 0.6) is 0 Å². The molecule has 0 aliphatic heterocycles. The van der Waals surface area contributed by atoms with Crippen molar-refractivity contribution in [2.45, 2.75) is 12.8 Å². The van der Waals surface area contributed by atoms with E-state index in [-0.39, 0.29) is 17.7 Å². The quantitative estimate of drug-likeness (QED) is 0.788. The van der Waals surface area contributed by atoms with Crippen LogP contribution in [-0.2, 0) is 22.4 Å². The highest BCUT2D eigenvalue weighted by Crippen LogP contribution is 2.31. The number of nitrogens with zero attached hydrogens (tertiary/aromatic N) is 1. The second kappa shape index (κ2) is 5.04. The van der Waals surface area contributed by atoms with Crippen molar-refractivity contribution in [3.8, 4) is 11.3 Å². The van der Waals surface area contributed by atoms with E-state index in [9.17, 15) is 9.18 Å². The summed E-state index contributed by atoms with van der Waals surface area (Å²) < 4.78 is 18.5. The average molecular weight is 271 g/mol. The molecule has 1 atom stereocenters. The summed E-state index contributed by atoms with van der Waals surface area (Å²) in [7, 11) is 1.40. The molecule has 4 heteroatoms. The molecule has 1 heterocycles. The fraction of sp³-hybridized carbons (Fsp3) is 0.250. The van der Waals surface area contributed by atoms with Gasteiger partial charge in [0.15, 0.2) is 0 Å². The van der Waals surface area contributed by atoms with Gasteiger partial charge in [-0.2, -0.15) is 0 Å². The molecule has 0 saturated carbocycles. The van der Waals surface area contributed by atoms with Gasteiger partial charge in [0, 0.05) is 11.8 Å². The summed E-state index contributed by atoms with van der Waals surface area (Å²) in [6, 6.07) is 8.68. The molecule has 20 heavy (non-hydrogen) atoms. The molecule has 2 aromatic rings. The SMILES string of the molecule is COC(=O)C1Cc2ccc(-c3ncccc3F)cc2C1. The zero-order chi connectivity index (χ0) is 14.1. The van der Waals surface area contributed by atoms with E-state index >= 15 is 0 Å². The Balaban J connectivity index is 1.93. The smallest absolute Gasteiger partial charge is 0.309 e. The highest BCUT2D eigenvalue weighted by Gasteiger charge is 2.28. The first kappa shape index (κ1) is 12.8. The number of rotatable bonds is 2. The van der Waals surface area contributed by atoms with Crippen molar-refractivity contribution in [3.05, 3.63) is 53.5 Å². The minimum absolute atomic E-state index is 0.126. The molecule has 1 aromatic carbocycles. The van der Waals surface area contributed by atoms with Crippen molar-refractivity contribution in [1.82, 2.24) is 4.98 Å². The van der Waals surface area contributed by atoms with Crippen LogP contribution in [0.2, 0.25) is 0 Å². The molecule has 0 fully saturated rings. The molecule has 1 unspecified atom stereocenters. The number of benzene rings is 1. The second-order valence-electron chi connectivity index (χ2n) is 4.95. The van der Waals surface area contributed by atoms with E-state index in [1.54, 1.807) is 12.3 Å². The highest BCUT2D eigenvalue weighted by atomic mass is 19.1. The van der Waals surface area contributed by atoms with Gasteiger partial charge < -0.3 is 4.74 Å². The Morgan fingerprint density at radius 1 is 1.30 bits per heavy atom. The Kier molecular flexibility index (Phi) is 3.22. The summed E-state index contributed by atoms with van der Waals surface area (Å²) in [6.45, 7) is 0. The monoisotopic (exact) mass is 271 g/mol. The molecule has 0 radical (unpaired) electrons. The van der Waals surface area contributed by atoms with Crippen molar-refractivity contribution in [3.63, 3.8) is 0 Å². The Hall–Kier alpha value is -2.23. The number of hydrogen-bond acceptors (Lipinski definition) is 3. The van der Waals surface area contributed by atoms with Gasteiger partial charge >= 0.3 is 5.97 Å². The number of esters is 1. The van der Waals surface area contributed by atoms with Gasteiger partial charge in [-0.3, -0.25) is 9.78 Å². The number of ether oxygens (including phenoxy) is 1. The van der Waals surface area contributed by atoms with Gasteiger partial charge in [-0.25, -0.2) is 4.39 Å². The summed E-state index contributed by atoms with van der Waals surface area (Å²) in [5.41, 5.74) is 3.28. The lowest BCUT2D eigenvalue weighted by atomic mass is 10.0. The molecule has 3 nitrogen and oxygen atoms in total. The van der Waals surface area contributed by atoms with E-state index in [4.69, 9.17) is 4.74 Å². The molecule has 0 N–H and O–H groups in total. The molecule has 102 valence electrons. The molecule has 1 aliphatic carbocycles. The fourth-order valence-corrected chi connectivity index (χ4v) is 2.70. The van der Waals surface area contributed by atoms with Gasteiger partial charge in [-0.1, -0.05) is 12.1 Å². The normalized spacial score (nSPS) is 16.8. The van der Waals surface area contributed by atoms with E-state index in [0.717, 1.165) is 16.7 Å². The van der Waals surface area contributed by atoms with Crippen molar-refractivity contribution < 1.29 is 13.9 Å². The van der Waals surface area contributed by atoms with Crippen LogP contribution in [-0.4, -0.2) is 18.1 Å². The molecule has 1 aliphatic rings. The standard InChI is InChI=1S/C16H14FNO2/c1-20-16(19)13-7-10-4-5-11(8-12(10)9-13)15-14(17)3-2-6-18-15/h2-6,8,13H,7,9H2,1H3. The van der Waals surface area contributed by atoms with Gasteiger partial charge in [0.25, 0.3) is 0 Å². The lowest BCUT2D eigenvalue weighted by Gasteiger charge is -2.05. The van der Waals surface area contributed by atoms with E-state index in [2.05, 4.69) is 4.98 Å². The maximum absolute atomic E-state index is 13.8. The molecular weight excluding hydrogens is 257 g/mol. The first-order valence-electron chi connectivity index (χ1n) is 6.49. The minimum atomic E-state index is -0.338. The third kappa shape index (κ3) is 2.18. The summed E-state index contributed by atoms with van der Waals surface area (Å²) in [6.07, 6.45) is 2.90. The predicted octanol–water partition coefficient (Wildman–Crippen LogP) is 2.78. The van der Waals surface area contributed by atoms with Crippen molar-refractivity contribution in [2.75, 3.05) is 7.11 Å². The molecule has 1 aromatic heterocycles. The highest BCUT2D eigenvalue weighted by molar-refractivity contribution is 5.75. The Morgan fingerprint density at radius 3 is 2.85 bits per heavy atom. The summed E-state index contributed by atoms with van der Waals surface area (Å²) in [4.78, 5) is 15.7. The van der Waals surface area contributed by atoms with Gasteiger partial charge in [0.1, 0.15) is 11.5 Å². The molecule has 0 spiro atoms. The lowest BCUT2D eigenvalue weighted by molar-refractivity contribution is -0.145. The van der Waals surface area contributed by atoms with E-state index < -0.39 is 0 Å². The van der Waals surface area contributed by atoms with E-state index in [0.29, 0.717) is 18.5 Å². The van der Waals surface area contributed by atoms with Crippen molar-refractivity contribution in [2.24, 2.45) is 5.92 Å². The van der Waals surface area contributed by atoms with Crippen LogP contribution in [0.15, 0.2) is 36.5 Å². The molecular formula is C16H14FNO2. The number of aromatic nitrogens is 1. The van der Waals surface area contributed by atoms with Crippen LogP contribution < -0.4 is 0 Å². The largest absolute Gasteiger partial charge is 0.469 e. The number of carbonyl (C=O) groups excluding carboxylic acids is 1. The third-order valence-electron chi connectivity index (χ3n) is 3.71.